The van der Waals surface area contributed by atoms with E-state index in [1.807, 2.05) is 13.0 Å². The van der Waals surface area contributed by atoms with Gasteiger partial charge in [0.15, 0.2) is 0 Å². The van der Waals surface area contributed by atoms with E-state index in [2.05, 4.69) is 24.4 Å². The van der Waals surface area contributed by atoms with Crippen LogP contribution in [0, 0.1) is 0 Å². The Hall–Kier alpha value is -1.13. The van der Waals surface area contributed by atoms with Gasteiger partial charge >= 0.3 is 0 Å². The lowest BCUT2D eigenvalue weighted by atomic mass is 10.1. The van der Waals surface area contributed by atoms with Crippen LogP contribution in [0.3, 0.4) is 0 Å². The van der Waals surface area contributed by atoms with E-state index in [-0.39, 0.29) is 12.5 Å². The predicted octanol–water partition coefficient (Wildman–Crippen LogP) is 5.44. The van der Waals surface area contributed by atoms with Gasteiger partial charge < -0.3 is 15.5 Å². The van der Waals surface area contributed by atoms with Gasteiger partial charge in [0, 0.05) is 6.42 Å². The van der Waals surface area contributed by atoms with Gasteiger partial charge in [-0.1, -0.05) is 89.5 Å². The number of carbonyl (C=O) groups excluding carboxylic acids is 1. The third-order valence-electron chi connectivity index (χ3n) is 4.94. The first-order chi connectivity index (χ1) is 13.7. The van der Waals surface area contributed by atoms with Crippen molar-refractivity contribution < 1.29 is 15.0 Å². The van der Waals surface area contributed by atoms with Crippen LogP contribution in [-0.4, -0.2) is 34.9 Å². The van der Waals surface area contributed by atoms with E-state index in [1.54, 1.807) is 6.08 Å². The van der Waals surface area contributed by atoms with Crippen molar-refractivity contribution in [3.05, 3.63) is 24.3 Å². The molecule has 0 radical (unpaired) electrons. The van der Waals surface area contributed by atoms with E-state index in [0.29, 0.717) is 6.42 Å². The summed E-state index contributed by atoms with van der Waals surface area (Å²) >= 11 is 0. The number of amides is 1. The molecule has 164 valence electrons. The Morgan fingerprint density at radius 3 is 2.04 bits per heavy atom. The van der Waals surface area contributed by atoms with Crippen LogP contribution in [0.25, 0.3) is 0 Å². The van der Waals surface area contributed by atoms with Crippen LogP contribution in [0.1, 0.15) is 104 Å². The molecule has 0 aromatic rings. The van der Waals surface area contributed by atoms with Gasteiger partial charge in [-0.15, -0.1) is 0 Å². The van der Waals surface area contributed by atoms with Crippen LogP contribution >= 0.6 is 0 Å². The Bertz CT molecular complexity index is 407. The zero-order chi connectivity index (χ0) is 20.9. The topological polar surface area (TPSA) is 69.6 Å². The third-order valence-corrected chi connectivity index (χ3v) is 4.94. The van der Waals surface area contributed by atoms with Crippen molar-refractivity contribution in [1.82, 2.24) is 5.32 Å². The number of hydrogen-bond donors (Lipinski definition) is 3. The van der Waals surface area contributed by atoms with Crippen LogP contribution in [0.4, 0.5) is 0 Å². The number of aliphatic hydroxyl groups excluding tert-OH is 2. The van der Waals surface area contributed by atoms with Gasteiger partial charge in [-0.2, -0.15) is 0 Å². The van der Waals surface area contributed by atoms with Gasteiger partial charge in [0.1, 0.15) is 0 Å². The minimum atomic E-state index is -0.850. The summed E-state index contributed by atoms with van der Waals surface area (Å²) in [7, 11) is 0. The van der Waals surface area contributed by atoms with Crippen molar-refractivity contribution in [2.45, 2.75) is 116 Å². The molecule has 0 aromatic carbocycles. The lowest BCUT2D eigenvalue weighted by Crippen LogP contribution is -2.45. The summed E-state index contributed by atoms with van der Waals surface area (Å²) in [6.07, 6.45) is 23.2. The molecule has 4 nitrogen and oxygen atoms in total. The Balaban J connectivity index is 3.72. The van der Waals surface area contributed by atoms with E-state index < -0.39 is 12.1 Å². The summed E-state index contributed by atoms with van der Waals surface area (Å²) in [5, 5.41) is 22.2. The van der Waals surface area contributed by atoms with E-state index in [4.69, 9.17) is 0 Å². The minimum absolute atomic E-state index is 0.114. The normalized spacial score (nSPS) is 14.0. The van der Waals surface area contributed by atoms with Crippen molar-refractivity contribution in [2.75, 3.05) is 6.61 Å². The van der Waals surface area contributed by atoms with Crippen molar-refractivity contribution in [1.29, 1.82) is 0 Å². The van der Waals surface area contributed by atoms with Gasteiger partial charge in [-0.25, -0.2) is 0 Å². The second-order valence-corrected chi connectivity index (χ2v) is 7.69. The number of hydrogen-bond acceptors (Lipinski definition) is 3. The molecule has 4 heteroatoms. The van der Waals surface area contributed by atoms with Crippen LogP contribution in [-0.2, 0) is 4.79 Å². The minimum Gasteiger partial charge on any atom is -0.394 e. The number of rotatable bonds is 19. The lowest BCUT2D eigenvalue weighted by molar-refractivity contribution is -0.122. The monoisotopic (exact) mass is 395 g/mol. The summed E-state index contributed by atoms with van der Waals surface area (Å²) in [5.74, 6) is -0.114. The summed E-state index contributed by atoms with van der Waals surface area (Å²) in [5.41, 5.74) is 0. The Kier molecular flexibility index (Phi) is 19.8. The molecule has 0 aromatic heterocycles. The average molecular weight is 396 g/mol. The fourth-order valence-corrected chi connectivity index (χ4v) is 3.05. The molecule has 2 unspecified atom stereocenters. The average Bonchev–Trinajstić information content (AvgIpc) is 2.70. The molecule has 0 aliphatic heterocycles. The third kappa shape index (κ3) is 17.0. The number of aliphatic hydroxyl groups is 2. The van der Waals surface area contributed by atoms with Crippen LogP contribution < -0.4 is 5.32 Å². The highest BCUT2D eigenvalue weighted by atomic mass is 16.3. The second kappa shape index (κ2) is 20.6. The van der Waals surface area contributed by atoms with Gasteiger partial charge in [-0.05, 0) is 32.1 Å². The van der Waals surface area contributed by atoms with Crippen LogP contribution in [0.5, 0.6) is 0 Å². The van der Waals surface area contributed by atoms with Gasteiger partial charge in [0.25, 0.3) is 0 Å². The van der Waals surface area contributed by atoms with Crippen LogP contribution in [0.15, 0.2) is 24.3 Å². The molecule has 2 atom stereocenters. The predicted molar refractivity (Wildman–Crippen MR) is 119 cm³/mol. The Labute approximate surface area is 173 Å². The van der Waals surface area contributed by atoms with Gasteiger partial charge in [0.05, 0.1) is 18.8 Å². The largest absolute Gasteiger partial charge is 0.394 e. The van der Waals surface area contributed by atoms with Crippen LogP contribution in [0.2, 0.25) is 0 Å². The SMILES string of the molecule is CCCCCCCCCC/C=C/CC/C=C/C(O)C(CO)NC(=O)CCCC. The number of allylic oxidation sites excluding steroid dienone is 3. The Morgan fingerprint density at radius 2 is 1.39 bits per heavy atom. The van der Waals surface area contributed by atoms with Crippen molar-refractivity contribution in [2.24, 2.45) is 0 Å². The molecule has 3 N–H and O–H groups in total. The lowest BCUT2D eigenvalue weighted by Gasteiger charge is -2.19. The molecular weight excluding hydrogens is 350 g/mol. The quantitative estimate of drug-likeness (QED) is 0.201. The maximum atomic E-state index is 11.7. The number of carbonyl (C=O) groups is 1. The summed E-state index contributed by atoms with van der Waals surface area (Å²) in [4.78, 5) is 11.7. The number of unbranched alkanes of at least 4 members (excludes halogenated alkanes) is 10. The fourth-order valence-electron chi connectivity index (χ4n) is 3.05. The molecule has 0 spiro atoms. The zero-order valence-corrected chi connectivity index (χ0v) is 18.4. The van der Waals surface area contributed by atoms with Gasteiger partial charge in [0.2, 0.25) is 5.91 Å². The summed E-state index contributed by atoms with van der Waals surface area (Å²) in [6, 6.07) is -0.627. The highest BCUT2D eigenvalue weighted by molar-refractivity contribution is 5.76. The van der Waals surface area contributed by atoms with E-state index in [0.717, 1.165) is 32.1 Å². The summed E-state index contributed by atoms with van der Waals surface area (Å²) < 4.78 is 0. The second-order valence-electron chi connectivity index (χ2n) is 7.69. The van der Waals surface area contributed by atoms with Gasteiger partial charge in [-0.3, -0.25) is 4.79 Å². The molecule has 0 saturated heterocycles. The molecular formula is C24H45NO3. The van der Waals surface area contributed by atoms with E-state index in [9.17, 15) is 15.0 Å². The number of nitrogens with one attached hydrogen (secondary N) is 1. The fraction of sp³-hybridized carbons (Fsp3) is 0.792. The van der Waals surface area contributed by atoms with Crippen molar-refractivity contribution >= 4 is 5.91 Å². The molecule has 0 saturated carbocycles. The summed E-state index contributed by atoms with van der Waals surface area (Å²) in [6.45, 7) is 4.02. The molecule has 0 heterocycles. The smallest absolute Gasteiger partial charge is 0.220 e. The first-order valence-electron chi connectivity index (χ1n) is 11.6. The first-order valence-corrected chi connectivity index (χ1v) is 11.6. The molecule has 1 amide bonds. The maximum Gasteiger partial charge on any atom is 0.220 e. The molecule has 0 bridgehead atoms. The Morgan fingerprint density at radius 1 is 0.821 bits per heavy atom. The molecule has 0 rings (SSSR count). The van der Waals surface area contributed by atoms with Crippen molar-refractivity contribution in [3.63, 3.8) is 0 Å². The molecule has 0 fully saturated rings. The zero-order valence-electron chi connectivity index (χ0n) is 18.4. The van der Waals surface area contributed by atoms with E-state index in [1.165, 1.54) is 51.4 Å². The maximum absolute atomic E-state index is 11.7. The first kappa shape index (κ1) is 26.9. The van der Waals surface area contributed by atoms with Crippen molar-refractivity contribution in [3.8, 4) is 0 Å². The standard InChI is InChI=1S/C24H45NO3/c1-3-5-7-8-9-10-11-12-13-14-15-16-17-18-19-23(27)22(21-26)25-24(28)20-6-4-2/h14-15,18-19,22-23,26-27H,3-13,16-17,20-21H2,1-2H3,(H,25,28)/b15-14+,19-18+. The van der Waals surface area contributed by atoms with E-state index >= 15 is 0 Å². The highest BCUT2D eigenvalue weighted by Crippen LogP contribution is 2.10. The molecule has 28 heavy (non-hydrogen) atoms. The molecule has 0 aliphatic carbocycles. The highest BCUT2D eigenvalue weighted by Gasteiger charge is 2.17. The molecule has 0 aliphatic rings.